The van der Waals surface area contributed by atoms with Crippen LogP contribution in [-0.2, 0) is 28.0 Å². The first-order chi connectivity index (χ1) is 23.0. The minimum atomic E-state index is -1.66. The zero-order valence-corrected chi connectivity index (χ0v) is 27.8. The van der Waals surface area contributed by atoms with Crippen LogP contribution in [0.3, 0.4) is 0 Å². The van der Waals surface area contributed by atoms with E-state index in [1.54, 1.807) is 23.2 Å². The second-order valence-corrected chi connectivity index (χ2v) is 13.0. The van der Waals surface area contributed by atoms with Crippen molar-refractivity contribution in [3.8, 4) is 0 Å². The van der Waals surface area contributed by atoms with Gasteiger partial charge in [0.2, 0.25) is 17.7 Å². The molecule has 256 valence electrons. The zero-order chi connectivity index (χ0) is 34.5. The van der Waals surface area contributed by atoms with E-state index in [0.29, 0.717) is 24.2 Å². The lowest BCUT2D eigenvalue weighted by Gasteiger charge is -2.42. The largest absolute Gasteiger partial charge is 0.445 e. The van der Waals surface area contributed by atoms with E-state index < -0.39 is 40.5 Å². The maximum Gasteiger partial charge on any atom is 0.249 e. The number of primary amides is 1. The molecule has 1 unspecified atom stereocenters. The van der Waals surface area contributed by atoms with E-state index in [-0.39, 0.29) is 36.7 Å². The summed E-state index contributed by atoms with van der Waals surface area (Å²) in [6, 6.07) is 7.15. The number of benzene rings is 1. The van der Waals surface area contributed by atoms with E-state index >= 15 is 0 Å². The SMILES string of the molecule is CCCN(CCC)C(=O)C1=CC(c2ncco2)=CC(C(N)=O)([C@H](Cc2cc(F)cc(F)c2)[C@@H](O)CNC2(c3cc(CC)ccn3)CC2)C1. The number of carbonyl (C=O) groups excluding carboxylic acids is 2. The molecule has 2 amide bonds. The normalized spacial score (nSPS) is 19.6. The lowest BCUT2D eigenvalue weighted by molar-refractivity contribution is -0.132. The van der Waals surface area contributed by atoms with Crippen molar-refractivity contribution in [1.29, 1.82) is 0 Å². The van der Waals surface area contributed by atoms with Gasteiger partial charge < -0.3 is 25.5 Å². The molecule has 11 heteroatoms. The number of nitrogens with zero attached hydrogens (tertiary/aromatic N) is 3. The van der Waals surface area contributed by atoms with E-state index in [4.69, 9.17) is 10.2 Å². The molecule has 2 aromatic heterocycles. The number of aryl methyl sites for hydroxylation is 1. The Bertz CT molecular complexity index is 1640. The number of oxazole rings is 1. The summed E-state index contributed by atoms with van der Waals surface area (Å²) >= 11 is 0. The fourth-order valence-corrected chi connectivity index (χ4v) is 6.88. The number of allylic oxidation sites excluding steroid dienone is 2. The number of hydrogen-bond donors (Lipinski definition) is 3. The van der Waals surface area contributed by atoms with Crippen molar-refractivity contribution in [1.82, 2.24) is 20.2 Å². The molecule has 2 heterocycles. The average Bonchev–Trinajstić information content (AvgIpc) is 3.66. The van der Waals surface area contributed by atoms with Gasteiger partial charge in [-0.25, -0.2) is 13.8 Å². The molecule has 1 fully saturated rings. The van der Waals surface area contributed by atoms with E-state index in [0.717, 1.165) is 49.4 Å². The van der Waals surface area contributed by atoms with Crippen LogP contribution in [0.2, 0.25) is 0 Å². The molecule has 0 bridgehead atoms. The topological polar surface area (TPSA) is 135 Å². The average molecular weight is 662 g/mol. The molecule has 1 aromatic carbocycles. The minimum absolute atomic E-state index is 0.0302. The lowest BCUT2D eigenvalue weighted by atomic mass is 9.63. The molecule has 2 aliphatic carbocycles. The van der Waals surface area contributed by atoms with Crippen LogP contribution in [0, 0.1) is 23.0 Å². The Kier molecular flexibility index (Phi) is 10.9. The number of rotatable bonds is 16. The van der Waals surface area contributed by atoms with Gasteiger partial charge in [-0.3, -0.25) is 14.6 Å². The maximum atomic E-state index is 14.5. The fourth-order valence-electron chi connectivity index (χ4n) is 6.88. The molecule has 0 radical (unpaired) electrons. The molecule has 2 aliphatic rings. The van der Waals surface area contributed by atoms with Crippen LogP contribution in [0.25, 0.3) is 5.57 Å². The van der Waals surface area contributed by atoms with Gasteiger partial charge in [-0.05, 0) is 86.4 Å². The fraction of sp³-hybridized carbons (Fsp3) is 0.459. The third-order valence-electron chi connectivity index (χ3n) is 9.54. The van der Waals surface area contributed by atoms with E-state index in [9.17, 15) is 23.5 Å². The van der Waals surface area contributed by atoms with Crippen LogP contribution in [0.4, 0.5) is 8.78 Å². The van der Waals surface area contributed by atoms with Crippen LogP contribution in [-0.4, -0.2) is 57.5 Å². The van der Waals surface area contributed by atoms with Gasteiger partial charge in [-0.1, -0.05) is 26.8 Å². The Morgan fingerprint density at radius 1 is 1.04 bits per heavy atom. The first-order valence-electron chi connectivity index (χ1n) is 16.8. The summed E-state index contributed by atoms with van der Waals surface area (Å²) in [5.74, 6) is -3.46. The Morgan fingerprint density at radius 3 is 2.33 bits per heavy atom. The highest BCUT2D eigenvalue weighted by molar-refractivity contribution is 6.00. The van der Waals surface area contributed by atoms with E-state index in [2.05, 4.69) is 28.3 Å². The smallest absolute Gasteiger partial charge is 0.249 e. The van der Waals surface area contributed by atoms with Crippen LogP contribution in [0.5, 0.6) is 0 Å². The van der Waals surface area contributed by atoms with E-state index in [1.807, 2.05) is 19.9 Å². The Hall–Kier alpha value is -4.22. The lowest BCUT2D eigenvalue weighted by Crippen LogP contribution is -2.52. The highest BCUT2D eigenvalue weighted by Crippen LogP contribution is 2.48. The molecule has 9 nitrogen and oxygen atoms in total. The number of aliphatic hydroxyl groups is 1. The van der Waals surface area contributed by atoms with Gasteiger partial charge in [-0.2, -0.15) is 0 Å². The second-order valence-electron chi connectivity index (χ2n) is 13.0. The van der Waals surface area contributed by atoms with Crippen LogP contribution < -0.4 is 11.1 Å². The molecule has 0 spiro atoms. The molecule has 0 saturated heterocycles. The number of aromatic nitrogens is 2. The summed E-state index contributed by atoms with van der Waals surface area (Å²) < 4.78 is 34.6. The van der Waals surface area contributed by atoms with Crippen molar-refractivity contribution in [2.75, 3.05) is 19.6 Å². The van der Waals surface area contributed by atoms with Gasteiger partial charge in [0, 0.05) is 49.0 Å². The molecule has 3 aromatic rings. The Labute approximate surface area is 280 Å². The van der Waals surface area contributed by atoms with Crippen molar-refractivity contribution in [3.63, 3.8) is 0 Å². The summed E-state index contributed by atoms with van der Waals surface area (Å²) in [5.41, 5.74) is 7.07. The molecule has 0 aliphatic heterocycles. The number of nitrogens with two attached hydrogens (primary N) is 1. The van der Waals surface area contributed by atoms with Crippen molar-refractivity contribution in [2.24, 2.45) is 17.1 Å². The zero-order valence-electron chi connectivity index (χ0n) is 27.8. The molecular weight excluding hydrogens is 616 g/mol. The Balaban J connectivity index is 1.57. The third-order valence-corrected chi connectivity index (χ3v) is 9.54. The van der Waals surface area contributed by atoms with Gasteiger partial charge in [0.25, 0.3) is 0 Å². The first-order valence-corrected chi connectivity index (χ1v) is 16.8. The predicted molar refractivity (Wildman–Crippen MR) is 178 cm³/mol. The maximum absolute atomic E-state index is 14.5. The minimum Gasteiger partial charge on any atom is -0.445 e. The summed E-state index contributed by atoms with van der Waals surface area (Å²) in [6.07, 6.45) is 10.3. The van der Waals surface area contributed by atoms with Crippen LogP contribution in [0.1, 0.15) is 75.6 Å². The Morgan fingerprint density at radius 2 is 1.75 bits per heavy atom. The number of aliphatic hydroxyl groups excluding tert-OH is 1. The summed E-state index contributed by atoms with van der Waals surface area (Å²) in [6.45, 7) is 7.09. The molecular formula is C37H45F2N5O4. The molecule has 4 N–H and O–H groups in total. The standard InChI is InChI=1S/C37H45F2N5O4/c1-4-12-44(13-5-2)34(46)27-19-26(33-42-11-14-48-33)21-36(22-27,35(40)47)30(17-25-15-28(38)20-29(39)16-25)31(45)23-43-37(8-9-37)32-18-24(6-3)7-10-41-32/h7,10-11,14-16,18-21,30-31,43,45H,4-6,8-9,12-13,17,22-23H2,1-3H3,(H2,40,47)/t30-,31+,36?/m1/s1. The van der Waals surface area contributed by atoms with Crippen LogP contribution in [0.15, 0.2) is 71.1 Å². The number of pyridine rings is 1. The number of halogens is 2. The predicted octanol–water partition coefficient (Wildman–Crippen LogP) is 5.24. The highest BCUT2D eigenvalue weighted by atomic mass is 19.1. The summed E-state index contributed by atoms with van der Waals surface area (Å²) in [7, 11) is 0. The van der Waals surface area contributed by atoms with Crippen molar-refractivity contribution in [2.45, 2.75) is 77.4 Å². The summed E-state index contributed by atoms with van der Waals surface area (Å²) in [4.78, 5) is 38.5. The number of nitrogens with one attached hydrogen (secondary N) is 1. The van der Waals surface area contributed by atoms with Gasteiger partial charge in [0.1, 0.15) is 17.9 Å². The molecule has 5 rings (SSSR count). The third kappa shape index (κ3) is 7.57. The first kappa shape index (κ1) is 35.1. The van der Waals surface area contributed by atoms with Gasteiger partial charge in [0.15, 0.2) is 0 Å². The second kappa shape index (κ2) is 14.9. The number of hydrogen-bond acceptors (Lipinski definition) is 7. The van der Waals surface area contributed by atoms with Crippen molar-refractivity contribution in [3.05, 3.63) is 101 Å². The van der Waals surface area contributed by atoms with E-state index in [1.165, 1.54) is 24.6 Å². The highest BCUT2D eigenvalue weighted by Gasteiger charge is 2.51. The van der Waals surface area contributed by atoms with Gasteiger partial charge in [-0.15, -0.1) is 0 Å². The molecule has 1 saturated carbocycles. The van der Waals surface area contributed by atoms with Gasteiger partial charge in [0.05, 0.1) is 28.9 Å². The number of carbonyl (C=O) groups is 2. The van der Waals surface area contributed by atoms with Crippen LogP contribution >= 0.6 is 0 Å². The van der Waals surface area contributed by atoms with Gasteiger partial charge >= 0.3 is 0 Å². The number of amides is 2. The molecule has 48 heavy (non-hydrogen) atoms. The summed E-state index contributed by atoms with van der Waals surface area (Å²) in [5, 5.41) is 15.6. The quantitative estimate of drug-likeness (QED) is 0.191. The monoisotopic (exact) mass is 661 g/mol. The van der Waals surface area contributed by atoms with Crippen molar-refractivity contribution >= 4 is 17.4 Å². The molecule has 3 atom stereocenters. The van der Waals surface area contributed by atoms with Crippen molar-refractivity contribution < 1.29 is 27.9 Å².